The lowest BCUT2D eigenvalue weighted by Crippen LogP contribution is -2.70. The van der Waals surface area contributed by atoms with Gasteiger partial charge < -0.3 is 100 Å². The third-order valence-electron chi connectivity index (χ3n) is 19.7. The Morgan fingerprint density at radius 2 is 0.959 bits per heavy atom. The lowest BCUT2D eigenvalue weighted by atomic mass is 9.88. The quantitative estimate of drug-likeness (QED) is 0.0199. The Labute approximate surface area is 581 Å². The fourth-order valence-corrected chi connectivity index (χ4v) is 13.6. The molecule has 14 N–H and O–H groups in total. The molecule has 3 aliphatic heterocycles. The Kier molecular flexibility index (Phi) is 49.5. The second-order valence-electron chi connectivity index (χ2n) is 28.2. The highest BCUT2D eigenvalue weighted by Crippen LogP contribution is 2.39. The van der Waals surface area contributed by atoms with Gasteiger partial charge in [-0.15, -0.1) is 0 Å². The molecule has 0 bridgehead atoms. The van der Waals surface area contributed by atoms with Gasteiger partial charge in [0.1, 0.15) is 67.1 Å². The predicted molar refractivity (Wildman–Crippen MR) is 371 cm³/mol. The van der Waals surface area contributed by atoms with Gasteiger partial charge in [-0.1, -0.05) is 276 Å². The molecule has 0 aliphatic carbocycles. The van der Waals surface area contributed by atoms with Gasteiger partial charge in [-0.25, -0.2) is 4.79 Å². The van der Waals surface area contributed by atoms with Crippen molar-refractivity contribution in [3.8, 4) is 0 Å². The predicted octanol–water partition coefficient (Wildman–Crippen LogP) is 9.02. The molecule has 0 radical (unpaired) electrons. The zero-order chi connectivity index (χ0) is 71.1. The van der Waals surface area contributed by atoms with Crippen LogP contribution in [0.5, 0.6) is 0 Å². The van der Waals surface area contributed by atoms with Crippen LogP contribution in [0.3, 0.4) is 0 Å². The SMILES string of the molecule is CCCCCCCCCCCCCCCCCCC/C=C/C(O)C(COC1OC(CO)C(OC2OC(CO)C(O)C(OC3(C(=O)O)CC(O)C(NC(C)=O)C(C(O)C(O)CO)O3)C2O)C(O)C1O)NC(=O)CCCCCCCCCCCCCCCCCCCCCCCCCC. The van der Waals surface area contributed by atoms with Gasteiger partial charge in [-0.3, -0.25) is 9.59 Å². The Balaban J connectivity index is 1.55. The van der Waals surface area contributed by atoms with E-state index in [0.717, 1.165) is 51.9 Å². The van der Waals surface area contributed by atoms with E-state index in [1.54, 1.807) is 6.08 Å². The molecule has 3 fully saturated rings. The third-order valence-corrected chi connectivity index (χ3v) is 19.7. The molecule has 0 spiro atoms. The molecular formula is C74H138N2O21. The van der Waals surface area contributed by atoms with E-state index in [-0.39, 0.29) is 12.3 Å². The molecule has 3 rings (SSSR count). The van der Waals surface area contributed by atoms with Crippen molar-refractivity contribution in [3.05, 3.63) is 12.2 Å². The van der Waals surface area contributed by atoms with Gasteiger partial charge in [0.15, 0.2) is 12.6 Å². The molecule has 2 amide bonds. The van der Waals surface area contributed by atoms with E-state index in [4.69, 9.17) is 28.4 Å². The minimum Gasteiger partial charge on any atom is -0.477 e. The monoisotopic (exact) mass is 1390 g/mol. The number of rotatable bonds is 60. The van der Waals surface area contributed by atoms with Crippen molar-refractivity contribution >= 4 is 17.8 Å². The number of aliphatic hydroxyl groups is 11. The zero-order valence-electron chi connectivity index (χ0n) is 60.0. The third kappa shape index (κ3) is 35.5. The zero-order valence-corrected chi connectivity index (χ0v) is 60.0. The number of carbonyl (C=O) groups excluding carboxylic acids is 2. The lowest BCUT2D eigenvalue weighted by Gasteiger charge is -2.50. The molecule has 570 valence electrons. The largest absolute Gasteiger partial charge is 0.477 e. The first-order valence-electron chi connectivity index (χ1n) is 38.6. The minimum atomic E-state index is -3.08. The summed E-state index contributed by atoms with van der Waals surface area (Å²) in [6.07, 6.45) is 26.7. The van der Waals surface area contributed by atoms with Crippen LogP contribution in [-0.2, 0) is 42.8 Å². The summed E-state index contributed by atoms with van der Waals surface area (Å²) in [6.45, 7) is 2.18. The molecule has 23 nitrogen and oxygen atoms in total. The first kappa shape index (κ1) is 88.7. The second kappa shape index (κ2) is 54.2. The first-order chi connectivity index (χ1) is 46.9. The minimum absolute atomic E-state index is 0.206. The summed E-state index contributed by atoms with van der Waals surface area (Å²) in [5, 5.41) is 136. The Bertz CT molecular complexity index is 2000. The summed E-state index contributed by atoms with van der Waals surface area (Å²) < 4.78 is 34.9. The highest BCUT2D eigenvalue weighted by atomic mass is 16.8. The van der Waals surface area contributed by atoms with Crippen molar-refractivity contribution in [2.45, 2.75) is 413 Å². The van der Waals surface area contributed by atoms with Crippen LogP contribution in [-0.4, -0.2) is 215 Å². The number of allylic oxidation sites excluding steroid dienone is 1. The van der Waals surface area contributed by atoms with Gasteiger partial charge in [0.05, 0.1) is 50.7 Å². The molecular weight excluding hydrogens is 1250 g/mol. The molecule has 3 heterocycles. The van der Waals surface area contributed by atoms with E-state index in [1.165, 1.54) is 212 Å². The van der Waals surface area contributed by atoms with Crippen molar-refractivity contribution in [2.75, 3.05) is 26.4 Å². The summed E-state index contributed by atoms with van der Waals surface area (Å²) in [5.74, 6) is -6.13. The van der Waals surface area contributed by atoms with E-state index in [1.807, 2.05) is 6.08 Å². The maximum Gasteiger partial charge on any atom is 0.364 e. The number of aliphatic hydroxyl groups excluding tert-OH is 11. The fourth-order valence-electron chi connectivity index (χ4n) is 13.6. The highest BCUT2D eigenvalue weighted by Gasteiger charge is 2.60. The van der Waals surface area contributed by atoms with E-state index in [2.05, 4.69) is 24.5 Å². The van der Waals surface area contributed by atoms with Crippen LogP contribution < -0.4 is 10.6 Å². The Morgan fingerprint density at radius 3 is 1.37 bits per heavy atom. The smallest absolute Gasteiger partial charge is 0.364 e. The van der Waals surface area contributed by atoms with Crippen molar-refractivity contribution in [3.63, 3.8) is 0 Å². The molecule has 97 heavy (non-hydrogen) atoms. The topological polar surface area (TPSA) is 373 Å². The summed E-state index contributed by atoms with van der Waals surface area (Å²) >= 11 is 0. The molecule has 0 aromatic rings. The normalized spacial score (nSPS) is 27.4. The molecule has 0 aromatic heterocycles. The van der Waals surface area contributed by atoms with Crippen molar-refractivity contribution in [1.29, 1.82) is 0 Å². The van der Waals surface area contributed by atoms with Crippen LogP contribution in [0.25, 0.3) is 0 Å². The molecule has 0 aromatic carbocycles. The maximum absolute atomic E-state index is 13.5. The summed E-state index contributed by atoms with van der Waals surface area (Å²) in [5.41, 5.74) is 0. The lowest BCUT2D eigenvalue weighted by molar-refractivity contribution is -0.386. The fraction of sp³-hybridized carbons (Fsp3) is 0.932. The van der Waals surface area contributed by atoms with E-state index in [0.29, 0.717) is 12.8 Å². The van der Waals surface area contributed by atoms with Gasteiger partial charge in [0.25, 0.3) is 5.79 Å². The van der Waals surface area contributed by atoms with E-state index < -0.39 is 155 Å². The van der Waals surface area contributed by atoms with Gasteiger partial charge in [-0.2, -0.15) is 0 Å². The molecule has 18 atom stereocenters. The van der Waals surface area contributed by atoms with Crippen LogP contribution in [0.2, 0.25) is 0 Å². The van der Waals surface area contributed by atoms with E-state index >= 15 is 0 Å². The number of carbonyl (C=O) groups is 3. The highest BCUT2D eigenvalue weighted by molar-refractivity contribution is 5.77. The Hall–Kier alpha value is -2.53. The molecule has 3 saturated heterocycles. The number of nitrogens with one attached hydrogen (secondary N) is 2. The van der Waals surface area contributed by atoms with Crippen molar-refractivity contribution < 1.29 is 104 Å². The molecule has 18 unspecified atom stereocenters. The number of carboxylic acid groups (broad SMARTS) is 1. The number of aliphatic carboxylic acids is 1. The number of ether oxygens (including phenoxy) is 6. The summed E-state index contributed by atoms with van der Waals surface area (Å²) in [7, 11) is 0. The van der Waals surface area contributed by atoms with Crippen LogP contribution in [0, 0.1) is 0 Å². The number of carboxylic acids is 1. The number of hydrogen-bond acceptors (Lipinski definition) is 20. The average Bonchev–Trinajstić information content (AvgIpc) is 0.758. The summed E-state index contributed by atoms with van der Waals surface area (Å²) in [4.78, 5) is 38.6. The van der Waals surface area contributed by atoms with Crippen LogP contribution in [0.15, 0.2) is 12.2 Å². The van der Waals surface area contributed by atoms with Crippen LogP contribution in [0.4, 0.5) is 0 Å². The first-order valence-corrected chi connectivity index (χ1v) is 38.6. The van der Waals surface area contributed by atoms with Crippen LogP contribution in [0.1, 0.15) is 303 Å². The maximum atomic E-state index is 13.5. The van der Waals surface area contributed by atoms with Gasteiger partial charge >= 0.3 is 5.97 Å². The molecule has 0 saturated carbocycles. The van der Waals surface area contributed by atoms with Crippen molar-refractivity contribution in [2.24, 2.45) is 0 Å². The standard InChI is InChI=1S/C74H138N2O21/c1-4-6-8-10-12-14-16-18-20-22-24-25-26-27-28-30-32-34-36-38-40-42-44-46-48-61(84)76-55(56(81)47-45-43-41-39-37-35-33-31-29-23-21-19-17-15-13-11-9-7-5-2)53-92-71-66(88)65(87)68(60(52-79)94-71)95-72-67(89)70(64(86)59(51-78)93-72)97-74(73(90)91)49-57(82)62(75-54(3)80)69(96-74)63(85)58(83)50-77/h45,47,55-60,62-72,77-79,81-83,85-89H,4-44,46,48-53H2,1-3H3,(H,75,80)(H,76,84)(H,90,91)/b47-45+. The second-order valence-corrected chi connectivity index (χ2v) is 28.2. The molecule has 3 aliphatic rings. The number of hydrogen-bond donors (Lipinski definition) is 14. The average molecular weight is 1390 g/mol. The van der Waals surface area contributed by atoms with Gasteiger partial charge in [-0.05, 0) is 19.3 Å². The van der Waals surface area contributed by atoms with Gasteiger partial charge in [0.2, 0.25) is 11.8 Å². The van der Waals surface area contributed by atoms with Crippen LogP contribution >= 0.6 is 0 Å². The van der Waals surface area contributed by atoms with Crippen molar-refractivity contribution in [1.82, 2.24) is 10.6 Å². The molecule has 23 heteroatoms. The van der Waals surface area contributed by atoms with E-state index in [9.17, 15) is 75.7 Å². The van der Waals surface area contributed by atoms with Gasteiger partial charge in [0, 0.05) is 19.8 Å². The Morgan fingerprint density at radius 1 is 0.536 bits per heavy atom. The number of amides is 2. The number of unbranched alkanes of at least 4 members (excludes halogenated alkanes) is 40. The summed E-state index contributed by atoms with van der Waals surface area (Å²) in [6, 6.07) is -2.61.